The molecule has 0 aromatic heterocycles. The van der Waals surface area contributed by atoms with Gasteiger partial charge in [0, 0.05) is 13.0 Å². The van der Waals surface area contributed by atoms with Crippen LogP contribution in [0.2, 0.25) is 0 Å². The van der Waals surface area contributed by atoms with E-state index in [1.165, 1.54) is 199 Å². The van der Waals surface area contributed by atoms with Gasteiger partial charge in [-0.15, -0.1) is 0 Å². The molecule has 0 heterocycles. The molecule has 0 rings (SSSR count). The minimum absolute atomic E-state index is 0.175. The van der Waals surface area contributed by atoms with Gasteiger partial charge in [-0.1, -0.05) is 229 Å². The third-order valence-corrected chi connectivity index (χ3v) is 11.3. The van der Waals surface area contributed by atoms with Crippen molar-refractivity contribution in [3.05, 3.63) is 60.8 Å². The Balaban J connectivity index is 3.43. The van der Waals surface area contributed by atoms with Crippen LogP contribution in [0.1, 0.15) is 258 Å². The van der Waals surface area contributed by atoms with E-state index in [-0.39, 0.29) is 12.6 Å². The number of allylic oxidation sites excluding steroid dienone is 10. The first-order valence-corrected chi connectivity index (χ1v) is 25.9. The molecule has 0 amide bonds. The first kappa shape index (κ1) is 57.1. The number of aliphatic hydroxyl groups is 1. The lowest BCUT2D eigenvalue weighted by atomic mass is 10.0. The fourth-order valence-electron chi connectivity index (χ4n) is 7.43. The number of hydrogen-bond donors (Lipinski definition) is 1. The van der Waals surface area contributed by atoms with E-state index in [1.807, 2.05) is 0 Å². The molecular formula is C55H100O4. The number of unbranched alkanes of at least 4 members (excludes halogenated alkanes) is 30. The molecule has 1 atom stereocenters. The van der Waals surface area contributed by atoms with Gasteiger partial charge in [-0.05, 0) is 83.5 Å². The van der Waals surface area contributed by atoms with Gasteiger partial charge in [-0.3, -0.25) is 4.79 Å². The number of ether oxygens (including phenoxy) is 2. The van der Waals surface area contributed by atoms with Crippen molar-refractivity contribution in [2.24, 2.45) is 0 Å². The van der Waals surface area contributed by atoms with Gasteiger partial charge in [0.1, 0.15) is 6.10 Å². The number of carbonyl (C=O) groups excluding carboxylic acids is 1. The molecule has 0 aromatic rings. The van der Waals surface area contributed by atoms with Crippen LogP contribution in [0.4, 0.5) is 0 Å². The maximum atomic E-state index is 12.3. The van der Waals surface area contributed by atoms with Crippen LogP contribution in [-0.4, -0.2) is 37.0 Å². The number of esters is 1. The van der Waals surface area contributed by atoms with Crippen molar-refractivity contribution in [2.75, 3.05) is 19.8 Å². The molecule has 0 bridgehead atoms. The molecule has 0 spiro atoms. The second-order valence-corrected chi connectivity index (χ2v) is 17.2. The summed E-state index contributed by atoms with van der Waals surface area (Å²) in [6.45, 7) is 5.34. The van der Waals surface area contributed by atoms with Gasteiger partial charge in [-0.25, -0.2) is 0 Å². The summed E-state index contributed by atoms with van der Waals surface area (Å²) in [5.41, 5.74) is 0. The van der Waals surface area contributed by atoms with Gasteiger partial charge in [-0.2, -0.15) is 0 Å². The lowest BCUT2D eigenvalue weighted by Crippen LogP contribution is -2.27. The number of rotatable bonds is 48. The van der Waals surface area contributed by atoms with Crippen LogP contribution in [0.5, 0.6) is 0 Å². The van der Waals surface area contributed by atoms with Gasteiger partial charge in [0.15, 0.2) is 0 Å². The summed E-state index contributed by atoms with van der Waals surface area (Å²) in [7, 11) is 0. The molecule has 344 valence electrons. The second-order valence-electron chi connectivity index (χ2n) is 17.2. The average molecular weight is 825 g/mol. The van der Waals surface area contributed by atoms with E-state index >= 15 is 0 Å². The summed E-state index contributed by atoms with van der Waals surface area (Å²) in [5, 5.41) is 9.65. The van der Waals surface area contributed by atoms with Crippen LogP contribution in [-0.2, 0) is 14.3 Å². The fourth-order valence-corrected chi connectivity index (χ4v) is 7.43. The molecular weight excluding hydrogens is 725 g/mol. The lowest BCUT2D eigenvalue weighted by Gasteiger charge is -2.16. The number of hydrogen-bond acceptors (Lipinski definition) is 4. The molecule has 0 fully saturated rings. The minimum Gasteiger partial charge on any atom is -0.457 e. The highest BCUT2D eigenvalue weighted by atomic mass is 16.6. The lowest BCUT2D eigenvalue weighted by molar-refractivity contribution is -0.154. The molecule has 4 heteroatoms. The zero-order chi connectivity index (χ0) is 42.6. The maximum absolute atomic E-state index is 12.3. The molecule has 1 N–H and O–H groups in total. The van der Waals surface area contributed by atoms with Gasteiger partial charge < -0.3 is 14.6 Å². The Morgan fingerprint density at radius 2 is 0.712 bits per heavy atom. The average Bonchev–Trinajstić information content (AvgIpc) is 3.24. The van der Waals surface area contributed by atoms with E-state index in [0.29, 0.717) is 19.6 Å². The highest BCUT2D eigenvalue weighted by Gasteiger charge is 2.13. The number of aliphatic hydroxyl groups excluding tert-OH is 1. The Morgan fingerprint density at radius 3 is 1.07 bits per heavy atom. The quantitative estimate of drug-likeness (QED) is 0.0377. The van der Waals surface area contributed by atoms with Crippen molar-refractivity contribution in [1.29, 1.82) is 0 Å². The smallest absolute Gasteiger partial charge is 0.306 e. The first-order chi connectivity index (χ1) is 29.2. The fraction of sp³-hybridized carbons (Fsp3) is 0.800. The Morgan fingerprint density at radius 1 is 0.407 bits per heavy atom. The van der Waals surface area contributed by atoms with E-state index in [2.05, 4.69) is 74.6 Å². The molecule has 1 unspecified atom stereocenters. The molecule has 0 aliphatic rings. The van der Waals surface area contributed by atoms with E-state index in [1.54, 1.807) is 0 Å². The zero-order valence-electron chi connectivity index (χ0n) is 39.5. The first-order valence-electron chi connectivity index (χ1n) is 25.9. The maximum Gasteiger partial charge on any atom is 0.306 e. The van der Waals surface area contributed by atoms with Gasteiger partial charge in [0.25, 0.3) is 0 Å². The van der Waals surface area contributed by atoms with Crippen LogP contribution < -0.4 is 0 Å². The Hall–Kier alpha value is -1.91. The summed E-state index contributed by atoms with van der Waals surface area (Å²) >= 11 is 0. The van der Waals surface area contributed by atoms with E-state index in [0.717, 1.165) is 38.5 Å². The normalized spacial score (nSPS) is 12.8. The highest BCUT2D eigenvalue weighted by molar-refractivity contribution is 5.69. The summed E-state index contributed by atoms with van der Waals surface area (Å²) in [4.78, 5) is 12.3. The van der Waals surface area contributed by atoms with Crippen molar-refractivity contribution < 1.29 is 19.4 Å². The standard InChI is InChI=1S/C55H100O4/c1-3-5-7-9-11-13-15-17-19-21-23-25-27-28-29-30-32-34-36-38-40-42-44-46-48-50-55(57)59-54(52-56)53-58-51-49-47-45-43-41-39-37-35-33-31-26-24-22-20-18-16-14-12-10-8-6-4-2/h15-18,21-24,27-28,54,56H,3-14,19-20,25-26,29-53H2,1-2H3/b17-15-,18-16-,23-21-,24-22-,28-27-. The largest absolute Gasteiger partial charge is 0.457 e. The zero-order valence-corrected chi connectivity index (χ0v) is 39.5. The molecule has 59 heavy (non-hydrogen) atoms. The Bertz CT molecular complexity index is 962. The van der Waals surface area contributed by atoms with Crippen molar-refractivity contribution in [2.45, 2.75) is 264 Å². The summed E-state index contributed by atoms with van der Waals surface area (Å²) < 4.78 is 11.2. The number of carbonyl (C=O) groups is 1. The molecule has 0 radical (unpaired) electrons. The van der Waals surface area contributed by atoms with Gasteiger partial charge in [0.05, 0.1) is 13.2 Å². The van der Waals surface area contributed by atoms with E-state index < -0.39 is 6.10 Å². The van der Waals surface area contributed by atoms with E-state index in [4.69, 9.17) is 9.47 Å². The van der Waals surface area contributed by atoms with E-state index in [9.17, 15) is 9.90 Å². The van der Waals surface area contributed by atoms with Crippen molar-refractivity contribution >= 4 is 5.97 Å². The molecule has 4 nitrogen and oxygen atoms in total. The third-order valence-electron chi connectivity index (χ3n) is 11.3. The van der Waals surface area contributed by atoms with Crippen molar-refractivity contribution in [3.8, 4) is 0 Å². The predicted molar refractivity (Wildman–Crippen MR) is 260 cm³/mol. The summed E-state index contributed by atoms with van der Waals surface area (Å²) in [6, 6.07) is 0. The summed E-state index contributed by atoms with van der Waals surface area (Å²) in [6.07, 6.45) is 70.2. The van der Waals surface area contributed by atoms with Crippen LogP contribution in [0, 0.1) is 0 Å². The van der Waals surface area contributed by atoms with Crippen LogP contribution in [0.25, 0.3) is 0 Å². The topological polar surface area (TPSA) is 55.8 Å². The Kier molecular flexibility index (Phi) is 50.5. The second kappa shape index (κ2) is 52.2. The molecule has 0 saturated heterocycles. The molecule has 0 aliphatic carbocycles. The van der Waals surface area contributed by atoms with Crippen LogP contribution >= 0.6 is 0 Å². The van der Waals surface area contributed by atoms with Crippen LogP contribution in [0.3, 0.4) is 0 Å². The van der Waals surface area contributed by atoms with Gasteiger partial charge in [0.2, 0.25) is 0 Å². The molecule has 0 aliphatic heterocycles. The molecule has 0 saturated carbocycles. The van der Waals surface area contributed by atoms with Crippen molar-refractivity contribution in [1.82, 2.24) is 0 Å². The predicted octanol–water partition coefficient (Wildman–Crippen LogP) is 17.6. The van der Waals surface area contributed by atoms with Gasteiger partial charge >= 0.3 is 5.97 Å². The monoisotopic (exact) mass is 825 g/mol. The van der Waals surface area contributed by atoms with Crippen molar-refractivity contribution in [3.63, 3.8) is 0 Å². The molecule has 0 aromatic carbocycles. The SMILES string of the molecule is CCCCCCC/C=C\C/C=C\C/C=C\CCCCCCCCCCCCC(=O)OC(CO)COCCCCCCCCCCCC/C=C\C/C=C\CCCCCCC. The minimum atomic E-state index is -0.541. The Labute approximate surface area is 368 Å². The third kappa shape index (κ3) is 50.3. The summed E-state index contributed by atoms with van der Waals surface area (Å²) in [5.74, 6) is -0.204. The highest BCUT2D eigenvalue weighted by Crippen LogP contribution is 2.15. The van der Waals surface area contributed by atoms with Crippen LogP contribution in [0.15, 0.2) is 60.8 Å².